The van der Waals surface area contributed by atoms with Gasteiger partial charge >= 0.3 is 12.1 Å². The molecule has 1 atom stereocenters. The van der Waals surface area contributed by atoms with Gasteiger partial charge in [0.15, 0.2) is 0 Å². The molecular formula is C23H24N2O5. The highest BCUT2D eigenvalue weighted by molar-refractivity contribution is 5.83. The van der Waals surface area contributed by atoms with E-state index in [1.165, 1.54) is 0 Å². The SMILES string of the molecule is CC(C(=O)O)C1CN(C(=O)CNC(=O)OCC2c3ccccc3-c3ccccc32)C1. The minimum atomic E-state index is -0.858. The number of nitrogens with zero attached hydrogens (tertiary/aromatic N) is 1. The highest BCUT2D eigenvalue weighted by Gasteiger charge is 2.37. The van der Waals surface area contributed by atoms with Gasteiger partial charge in [0.05, 0.1) is 5.92 Å². The zero-order chi connectivity index (χ0) is 21.3. The summed E-state index contributed by atoms with van der Waals surface area (Å²) in [7, 11) is 0. The summed E-state index contributed by atoms with van der Waals surface area (Å²) in [5, 5.41) is 11.5. The Labute approximate surface area is 174 Å². The number of likely N-dealkylation sites (tertiary alicyclic amines) is 1. The Bertz CT molecular complexity index is 938. The summed E-state index contributed by atoms with van der Waals surface area (Å²) >= 11 is 0. The van der Waals surface area contributed by atoms with Crippen LogP contribution in [-0.4, -0.2) is 54.2 Å². The summed E-state index contributed by atoms with van der Waals surface area (Å²) in [5.74, 6) is -1.65. The van der Waals surface area contributed by atoms with Gasteiger partial charge < -0.3 is 20.1 Å². The first-order chi connectivity index (χ1) is 14.5. The Hall–Kier alpha value is -3.35. The molecule has 0 spiro atoms. The smallest absolute Gasteiger partial charge is 0.407 e. The number of fused-ring (bicyclic) bond motifs is 3. The average Bonchev–Trinajstić information content (AvgIpc) is 3.03. The molecule has 7 heteroatoms. The Balaban J connectivity index is 1.27. The van der Waals surface area contributed by atoms with Crippen molar-refractivity contribution in [2.24, 2.45) is 11.8 Å². The fourth-order valence-electron chi connectivity index (χ4n) is 4.14. The fraction of sp³-hybridized carbons (Fsp3) is 0.348. The van der Waals surface area contributed by atoms with E-state index < -0.39 is 18.0 Å². The van der Waals surface area contributed by atoms with Gasteiger partial charge in [0.25, 0.3) is 0 Å². The Morgan fingerprint density at radius 3 is 2.20 bits per heavy atom. The van der Waals surface area contributed by atoms with Crippen molar-refractivity contribution in [1.82, 2.24) is 10.2 Å². The molecule has 0 bridgehead atoms. The lowest BCUT2D eigenvalue weighted by Crippen LogP contribution is -2.55. The van der Waals surface area contributed by atoms with Crippen molar-refractivity contribution in [2.45, 2.75) is 12.8 Å². The highest BCUT2D eigenvalue weighted by atomic mass is 16.5. The van der Waals surface area contributed by atoms with E-state index >= 15 is 0 Å². The lowest BCUT2D eigenvalue weighted by atomic mass is 9.87. The molecule has 1 heterocycles. The largest absolute Gasteiger partial charge is 0.481 e. The molecule has 30 heavy (non-hydrogen) atoms. The van der Waals surface area contributed by atoms with E-state index in [0.717, 1.165) is 22.3 Å². The maximum absolute atomic E-state index is 12.2. The fourth-order valence-corrected chi connectivity index (χ4v) is 4.14. The molecule has 0 radical (unpaired) electrons. The van der Waals surface area contributed by atoms with Crippen LogP contribution < -0.4 is 5.32 Å². The first-order valence-electron chi connectivity index (χ1n) is 10.0. The number of hydrogen-bond donors (Lipinski definition) is 2. The normalized spacial score (nSPS) is 16.2. The van der Waals surface area contributed by atoms with Crippen LogP contribution in [0.3, 0.4) is 0 Å². The number of carboxylic acid groups (broad SMARTS) is 1. The molecule has 1 unspecified atom stereocenters. The first kappa shape index (κ1) is 19.9. The Kier molecular flexibility index (Phi) is 5.44. The summed E-state index contributed by atoms with van der Waals surface area (Å²) < 4.78 is 5.41. The number of nitrogens with one attached hydrogen (secondary N) is 1. The van der Waals surface area contributed by atoms with Crippen LogP contribution in [0.2, 0.25) is 0 Å². The average molecular weight is 408 g/mol. The van der Waals surface area contributed by atoms with Gasteiger partial charge in [-0.2, -0.15) is 0 Å². The monoisotopic (exact) mass is 408 g/mol. The predicted octanol–water partition coefficient (Wildman–Crippen LogP) is 2.70. The molecule has 1 fully saturated rings. The third-order valence-corrected chi connectivity index (χ3v) is 6.09. The van der Waals surface area contributed by atoms with Crippen molar-refractivity contribution in [3.05, 3.63) is 59.7 Å². The summed E-state index contributed by atoms with van der Waals surface area (Å²) in [6.07, 6.45) is -0.638. The van der Waals surface area contributed by atoms with Crippen LogP contribution in [0.15, 0.2) is 48.5 Å². The van der Waals surface area contributed by atoms with Gasteiger partial charge in [-0.1, -0.05) is 55.5 Å². The summed E-state index contributed by atoms with van der Waals surface area (Å²) in [5.41, 5.74) is 4.56. The number of aliphatic carboxylic acids is 1. The minimum Gasteiger partial charge on any atom is -0.481 e. The van der Waals surface area contributed by atoms with E-state index in [-0.39, 0.29) is 30.9 Å². The molecule has 2 aliphatic rings. The van der Waals surface area contributed by atoms with Crippen LogP contribution in [0.1, 0.15) is 24.0 Å². The molecule has 156 valence electrons. The van der Waals surface area contributed by atoms with Crippen molar-refractivity contribution >= 4 is 18.0 Å². The van der Waals surface area contributed by atoms with Gasteiger partial charge in [0.2, 0.25) is 5.91 Å². The van der Waals surface area contributed by atoms with Gasteiger partial charge in [-0.05, 0) is 22.3 Å². The number of rotatable bonds is 6. The molecule has 2 N–H and O–H groups in total. The molecule has 1 saturated heterocycles. The first-order valence-corrected chi connectivity index (χ1v) is 10.0. The number of carbonyl (C=O) groups excluding carboxylic acids is 2. The second kappa shape index (κ2) is 8.18. The van der Waals surface area contributed by atoms with E-state index in [1.807, 2.05) is 36.4 Å². The van der Waals surface area contributed by atoms with Gasteiger partial charge in [0, 0.05) is 24.9 Å². The van der Waals surface area contributed by atoms with Crippen molar-refractivity contribution in [1.29, 1.82) is 0 Å². The highest BCUT2D eigenvalue weighted by Crippen LogP contribution is 2.44. The number of hydrogen-bond acceptors (Lipinski definition) is 4. The lowest BCUT2D eigenvalue weighted by molar-refractivity contribution is -0.150. The van der Waals surface area contributed by atoms with Crippen LogP contribution in [0.5, 0.6) is 0 Å². The quantitative estimate of drug-likeness (QED) is 0.766. The van der Waals surface area contributed by atoms with E-state index in [4.69, 9.17) is 9.84 Å². The number of alkyl carbamates (subject to hydrolysis) is 1. The summed E-state index contributed by atoms with van der Waals surface area (Å²) in [6, 6.07) is 16.2. The Morgan fingerprint density at radius 2 is 1.63 bits per heavy atom. The Morgan fingerprint density at radius 1 is 1.07 bits per heavy atom. The van der Waals surface area contributed by atoms with Crippen LogP contribution in [0.4, 0.5) is 4.79 Å². The van der Waals surface area contributed by atoms with Crippen LogP contribution in [0, 0.1) is 11.8 Å². The van der Waals surface area contributed by atoms with Gasteiger partial charge in [-0.15, -0.1) is 0 Å². The van der Waals surface area contributed by atoms with E-state index in [0.29, 0.717) is 13.1 Å². The predicted molar refractivity (Wildman–Crippen MR) is 110 cm³/mol. The zero-order valence-electron chi connectivity index (χ0n) is 16.7. The molecule has 2 amide bonds. The maximum atomic E-state index is 12.2. The number of carboxylic acids is 1. The molecule has 2 aromatic rings. The third kappa shape index (κ3) is 3.75. The third-order valence-electron chi connectivity index (χ3n) is 6.09. The van der Waals surface area contributed by atoms with Crippen molar-refractivity contribution in [2.75, 3.05) is 26.2 Å². The zero-order valence-corrected chi connectivity index (χ0v) is 16.7. The molecule has 0 aromatic heterocycles. The second-order valence-corrected chi connectivity index (χ2v) is 7.86. The maximum Gasteiger partial charge on any atom is 0.407 e. The molecule has 2 aromatic carbocycles. The number of carbonyl (C=O) groups is 3. The number of benzene rings is 2. The van der Waals surface area contributed by atoms with Gasteiger partial charge in [-0.3, -0.25) is 9.59 Å². The van der Waals surface area contributed by atoms with Crippen LogP contribution in [-0.2, 0) is 14.3 Å². The van der Waals surface area contributed by atoms with Crippen molar-refractivity contribution < 1.29 is 24.2 Å². The lowest BCUT2D eigenvalue weighted by Gasteiger charge is -2.41. The van der Waals surface area contributed by atoms with E-state index in [2.05, 4.69) is 17.4 Å². The summed E-state index contributed by atoms with van der Waals surface area (Å²) in [6.45, 7) is 2.47. The van der Waals surface area contributed by atoms with Gasteiger partial charge in [-0.25, -0.2) is 4.79 Å². The molecule has 0 saturated carbocycles. The molecule has 7 nitrogen and oxygen atoms in total. The van der Waals surface area contributed by atoms with E-state index in [1.54, 1.807) is 11.8 Å². The summed E-state index contributed by atoms with van der Waals surface area (Å²) in [4.78, 5) is 36.8. The molecule has 1 aliphatic carbocycles. The van der Waals surface area contributed by atoms with E-state index in [9.17, 15) is 14.4 Å². The number of ether oxygens (including phenoxy) is 1. The molecule has 4 rings (SSSR count). The second-order valence-electron chi connectivity index (χ2n) is 7.86. The standard InChI is InChI=1S/C23H24N2O5/c1-14(22(27)28)15-11-25(12-15)21(26)10-24-23(29)30-13-20-18-8-4-2-6-16(18)17-7-3-5-9-19(17)20/h2-9,14-15,20H,10-13H2,1H3,(H,24,29)(H,27,28). The van der Waals surface area contributed by atoms with Crippen molar-refractivity contribution in [3.63, 3.8) is 0 Å². The molecule has 1 aliphatic heterocycles. The van der Waals surface area contributed by atoms with Crippen LogP contribution in [0.25, 0.3) is 11.1 Å². The topological polar surface area (TPSA) is 95.9 Å². The van der Waals surface area contributed by atoms with Crippen LogP contribution >= 0.6 is 0 Å². The number of amides is 2. The molecular weight excluding hydrogens is 384 g/mol. The minimum absolute atomic E-state index is 0.0347. The van der Waals surface area contributed by atoms with Crippen molar-refractivity contribution in [3.8, 4) is 11.1 Å². The van der Waals surface area contributed by atoms with Gasteiger partial charge in [0.1, 0.15) is 13.2 Å².